The highest BCUT2D eigenvalue weighted by atomic mass is 79.9. The van der Waals surface area contributed by atoms with Gasteiger partial charge in [-0.05, 0) is 63.7 Å². The van der Waals surface area contributed by atoms with Crippen molar-refractivity contribution in [1.29, 1.82) is 0 Å². The Morgan fingerprint density at radius 1 is 1.43 bits per heavy atom. The van der Waals surface area contributed by atoms with Gasteiger partial charge >= 0.3 is 0 Å². The van der Waals surface area contributed by atoms with Crippen molar-refractivity contribution >= 4 is 43.2 Å². The number of aryl methyl sites for hydroxylation is 1. The number of thiazole rings is 1. The molecule has 21 heavy (non-hydrogen) atoms. The van der Waals surface area contributed by atoms with Crippen LogP contribution in [-0.2, 0) is 6.42 Å². The summed E-state index contributed by atoms with van der Waals surface area (Å²) in [6.45, 7) is 4.20. The van der Waals surface area contributed by atoms with Crippen LogP contribution < -0.4 is 5.32 Å². The van der Waals surface area contributed by atoms with Gasteiger partial charge in [-0.15, -0.1) is 11.3 Å². The molecule has 1 aliphatic carbocycles. The second kappa shape index (κ2) is 6.86. The summed E-state index contributed by atoms with van der Waals surface area (Å²) in [6.07, 6.45) is 5.48. The Balaban J connectivity index is 1.94. The number of pyridine rings is 1. The molecule has 0 fully saturated rings. The van der Waals surface area contributed by atoms with Gasteiger partial charge in [0.05, 0.1) is 5.69 Å². The summed E-state index contributed by atoms with van der Waals surface area (Å²) >= 11 is 8.84. The molecule has 2 aromatic heterocycles. The van der Waals surface area contributed by atoms with Crippen LogP contribution in [0.3, 0.4) is 0 Å². The second-order valence-corrected chi connectivity index (χ2v) is 8.06. The number of hydrogen-bond acceptors (Lipinski definition) is 4. The largest absolute Gasteiger partial charge is 0.316 e. The van der Waals surface area contributed by atoms with E-state index in [2.05, 4.69) is 49.1 Å². The number of nitrogens with zero attached hydrogens (tertiary/aromatic N) is 2. The van der Waals surface area contributed by atoms with Crippen LogP contribution in [0, 0.1) is 0 Å². The Morgan fingerprint density at radius 3 is 3.05 bits per heavy atom. The third kappa shape index (κ3) is 3.38. The first-order chi connectivity index (χ1) is 10.2. The molecule has 3 nitrogen and oxygen atoms in total. The minimum Gasteiger partial charge on any atom is -0.316 e. The van der Waals surface area contributed by atoms with Gasteiger partial charge in [0, 0.05) is 32.5 Å². The standard InChI is InChI=1S/C15H17Br2N3S/c1-2-18-7-9-4-3-5-12-13(9)20-15(21-12)14-11(17)6-10(16)8-19-14/h6,8-9,18H,2-5,7H2,1H3. The molecular formula is C15H17Br2N3S. The van der Waals surface area contributed by atoms with Gasteiger partial charge < -0.3 is 5.32 Å². The van der Waals surface area contributed by atoms with E-state index in [-0.39, 0.29) is 0 Å². The molecule has 0 saturated heterocycles. The Bertz CT molecular complexity index is 642. The topological polar surface area (TPSA) is 37.8 Å². The van der Waals surface area contributed by atoms with Crippen molar-refractivity contribution in [2.75, 3.05) is 13.1 Å². The van der Waals surface area contributed by atoms with E-state index in [1.807, 2.05) is 12.3 Å². The van der Waals surface area contributed by atoms with Gasteiger partial charge in [-0.2, -0.15) is 0 Å². The van der Waals surface area contributed by atoms with E-state index in [1.165, 1.54) is 23.4 Å². The fourth-order valence-corrected chi connectivity index (χ4v) is 5.20. The van der Waals surface area contributed by atoms with Crippen molar-refractivity contribution in [3.8, 4) is 10.7 Å². The van der Waals surface area contributed by atoms with Crippen LogP contribution in [0.15, 0.2) is 21.2 Å². The predicted molar refractivity (Wildman–Crippen MR) is 95.0 cm³/mol. The van der Waals surface area contributed by atoms with Gasteiger partial charge in [-0.3, -0.25) is 4.98 Å². The van der Waals surface area contributed by atoms with E-state index in [1.54, 1.807) is 11.3 Å². The molecule has 0 saturated carbocycles. The molecule has 3 rings (SSSR count). The molecule has 0 aliphatic heterocycles. The highest BCUT2D eigenvalue weighted by molar-refractivity contribution is 9.11. The third-order valence-corrected chi connectivity index (χ3v) is 5.90. The lowest BCUT2D eigenvalue weighted by Crippen LogP contribution is -2.23. The van der Waals surface area contributed by atoms with Crippen molar-refractivity contribution in [2.45, 2.75) is 32.1 Å². The average molecular weight is 431 g/mol. The molecule has 6 heteroatoms. The predicted octanol–water partition coefficient (Wildman–Crippen LogP) is 4.76. The zero-order valence-electron chi connectivity index (χ0n) is 11.8. The molecule has 1 atom stereocenters. The smallest absolute Gasteiger partial charge is 0.143 e. The lowest BCUT2D eigenvalue weighted by molar-refractivity contribution is 0.509. The SMILES string of the molecule is CCNCC1CCCc2sc(-c3ncc(Br)cc3Br)nc21. The number of nitrogens with one attached hydrogen (secondary N) is 1. The first-order valence-corrected chi connectivity index (χ1v) is 9.61. The van der Waals surface area contributed by atoms with Crippen LogP contribution >= 0.6 is 43.2 Å². The summed E-state index contributed by atoms with van der Waals surface area (Å²) in [7, 11) is 0. The molecule has 1 unspecified atom stereocenters. The first-order valence-electron chi connectivity index (χ1n) is 7.20. The lowest BCUT2D eigenvalue weighted by atomic mass is 9.91. The number of rotatable bonds is 4. The normalized spacial score (nSPS) is 17.8. The van der Waals surface area contributed by atoms with Crippen molar-refractivity contribution < 1.29 is 0 Å². The molecule has 112 valence electrons. The van der Waals surface area contributed by atoms with E-state index in [0.29, 0.717) is 5.92 Å². The van der Waals surface area contributed by atoms with Gasteiger partial charge in [0.2, 0.25) is 0 Å². The summed E-state index contributed by atoms with van der Waals surface area (Å²) in [5.74, 6) is 0.549. The summed E-state index contributed by atoms with van der Waals surface area (Å²) in [4.78, 5) is 10.9. The van der Waals surface area contributed by atoms with E-state index in [9.17, 15) is 0 Å². The third-order valence-electron chi connectivity index (χ3n) is 3.72. The van der Waals surface area contributed by atoms with Crippen LogP contribution in [0.1, 0.15) is 36.3 Å². The Hall–Kier alpha value is -0.300. The molecule has 2 aromatic rings. The molecule has 1 N–H and O–H groups in total. The summed E-state index contributed by atoms with van der Waals surface area (Å²) in [5.41, 5.74) is 2.23. The minimum atomic E-state index is 0.549. The number of hydrogen-bond donors (Lipinski definition) is 1. The van der Waals surface area contributed by atoms with E-state index in [0.717, 1.165) is 39.2 Å². The van der Waals surface area contributed by atoms with Crippen molar-refractivity contribution in [3.63, 3.8) is 0 Å². The monoisotopic (exact) mass is 429 g/mol. The minimum absolute atomic E-state index is 0.549. The van der Waals surface area contributed by atoms with Gasteiger partial charge in [-0.25, -0.2) is 4.98 Å². The van der Waals surface area contributed by atoms with Crippen LogP contribution in [-0.4, -0.2) is 23.1 Å². The molecule has 1 aliphatic rings. The van der Waals surface area contributed by atoms with Gasteiger partial charge in [0.25, 0.3) is 0 Å². The number of likely N-dealkylation sites (N-methyl/N-ethyl adjacent to an activating group) is 1. The Kier molecular flexibility index (Phi) is 5.09. The maximum Gasteiger partial charge on any atom is 0.143 e. The summed E-state index contributed by atoms with van der Waals surface area (Å²) in [6, 6.07) is 2.03. The molecule has 2 heterocycles. The average Bonchev–Trinajstić information content (AvgIpc) is 2.89. The Labute approximate surface area is 145 Å². The van der Waals surface area contributed by atoms with Gasteiger partial charge in [-0.1, -0.05) is 6.92 Å². The van der Waals surface area contributed by atoms with Crippen LogP contribution in [0.5, 0.6) is 0 Å². The fourth-order valence-electron chi connectivity index (χ4n) is 2.70. The highest BCUT2D eigenvalue weighted by Crippen LogP contribution is 2.39. The van der Waals surface area contributed by atoms with Crippen molar-refractivity contribution in [2.24, 2.45) is 0 Å². The second-order valence-electron chi connectivity index (χ2n) is 5.21. The number of fused-ring (bicyclic) bond motifs is 1. The molecule has 0 radical (unpaired) electrons. The number of halogens is 2. The maximum absolute atomic E-state index is 4.92. The van der Waals surface area contributed by atoms with E-state index >= 15 is 0 Å². The maximum atomic E-state index is 4.92. The Morgan fingerprint density at radius 2 is 2.29 bits per heavy atom. The molecule has 0 amide bonds. The van der Waals surface area contributed by atoms with Crippen LogP contribution in [0.2, 0.25) is 0 Å². The molecule has 0 spiro atoms. The molecular weight excluding hydrogens is 414 g/mol. The zero-order chi connectivity index (χ0) is 14.8. The quantitative estimate of drug-likeness (QED) is 0.759. The fraction of sp³-hybridized carbons (Fsp3) is 0.467. The summed E-state index contributed by atoms with van der Waals surface area (Å²) < 4.78 is 1.97. The van der Waals surface area contributed by atoms with Crippen molar-refractivity contribution in [3.05, 3.63) is 31.8 Å². The van der Waals surface area contributed by atoms with E-state index in [4.69, 9.17) is 4.98 Å². The lowest BCUT2D eigenvalue weighted by Gasteiger charge is -2.21. The van der Waals surface area contributed by atoms with Gasteiger partial charge in [0.1, 0.15) is 10.7 Å². The van der Waals surface area contributed by atoms with Gasteiger partial charge in [0.15, 0.2) is 0 Å². The van der Waals surface area contributed by atoms with Crippen molar-refractivity contribution in [1.82, 2.24) is 15.3 Å². The highest BCUT2D eigenvalue weighted by Gasteiger charge is 2.25. The van der Waals surface area contributed by atoms with Crippen LogP contribution in [0.25, 0.3) is 10.7 Å². The molecule has 0 bridgehead atoms. The zero-order valence-corrected chi connectivity index (χ0v) is 15.8. The molecule has 0 aromatic carbocycles. The van der Waals surface area contributed by atoms with E-state index < -0.39 is 0 Å². The number of aromatic nitrogens is 2. The van der Waals surface area contributed by atoms with Crippen LogP contribution in [0.4, 0.5) is 0 Å². The summed E-state index contributed by atoms with van der Waals surface area (Å²) in [5, 5.41) is 4.49. The first kappa shape index (κ1) is 15.6.